The predicted octanol–water partition coefficient (Wildman–Crippen LogP) is 5.19. The Kier molecular flexibility index (Phi) is 3.18. The number of pyridine rings is 1. The minimum Gasteiger partial charge on any atom is -0.200 e. The summed E-state index contributed by atoms with van der Waals surface area (Å²) in [7, 11) is 2.16. The number of aromatic nitrogens is 1. The van der Waals surface area contributed by atoms with E-state index < -0.39 is 0 Å². The number of aryl methyl sites for hydroxylation is 4. The summed E-state index contributed by atoms with van der Waals surface area (Å²) in [5.74, 6) is 0. The molecule has 0 saturated heterocycles. The van der Waals surface area contributed by atoms with Crippen molar-refractivity contribution in [1.82, 2.24) is 0 Å². The lowest BCUT2D eigenvalue weighted by Crippen LogP contribution is -2.32. The summed E-state index contributed by atoms with van der Waals surface area (Å²) in [5, 5.41) is 2.74. The highest BCUT2D eigenvalue weighted by Gasteiger charge is 2.32. The summed E-state index contributed by atoms with van der Waals surface area (Å²) in [6.45, 7) is 11.2. The van der Waals surface area contributed by atoms with Crippen LogP contribution in [0.3, 0.4) is 0 Å². The number of nitrogens with zero attached hydrogens (tertiary/aromatic N) is 1. The Hall–Kier alpha value is -2.41. The van der Waals surface area contributed by atoms with Crippen LogP contribution in [-0.4, -0.2) is 0 Å². The molecule has 1 heteroatoms. The molecule has 0 aliphatic heterocycles. The Morgan fingerprint density at radius 2 is 1.58 bits per heavy atom. The molecular formula is C23H24N+. The van der Waals surface area contributed by atoms with Gasteiger partial charge in [-0.15, -0.1) is 0 Å². The first kappa shape index (κ1) is 15.1. The van der Waals surface area contributed by atoms with Gasteiger partial charge in [0.2, 0.25) is 5.69 Å². The Morgan fingerprint density at radius 1 is 0.833 bits per heavy atom. The van der Waals surface area contributed by atoms with Crippen LogP contribution in [0.4, 0.5) is 0 Å². The van der Waals surface area contributed by atoms with Gasteiger partial charge in [-0.3, -0.25) is 0 Å². The molecule has 0 atom stereocenters. The van der Waals surface area contributed by atoms with Gasteiger partial charge in [-0.05, 0) is 73.4 Å². The van der Waals surface area contributed by atoms with Gasteiger partial charge in [0, 0.05) is 6.07 Å². The van der Waals surface area contributed by atoms with Crippen molar-refractivity contribution in [1.29, 1.82) is 0 Å². The predicted molar refractivity (Wildman–Crippen MR) is 102 cm³/mol. The molecule has 120 valence electrons. The zero-order chi connectivity index (χ0) is 17.2. The van der Waals surface area contributed by atoms with Crippen LogP contribution in [0.2, 0.25) is 0 Å². The van der Waals surface area contributed by atoms with Crippen molar-refractivity contribution in [3.05, 3.63) is 75.6 Å². The molecular weight excluding hydrogens is 290 g/mol. The van der Waals surface area contributed by atoms with Crippen LogP contribution in [0.15, 0.2) is 36.5 Å². The molecule has 0 unspecified atom stereocenters. The fourth-order valence-electron chi connectivity index (χ4n) is 4.28. The maximum Gasteiger partial charge on any atom is 0.221 e. The molecule has 3 aromatic rings. The van der Waals surface area contributed by atoms with E-state index in [0.29, 0.717) is 0 Å². The average molecular weight is 314 g/mol. The first-order chi connectivity index (χ1) is 11.4. The van der Waals surface area contributed by atoms with Crippen LogP contribution in [0, 0.1) is 27.7 Å². The molecule has 24 heavy (non-hydrogen) atoms. The maximum absolute atomic E-state index is 2.35. The highest BCUT2D eigenvalue weighted by molar-refractivity contribution is 6.15. The minimum atomic E-state index is 1.33. The van der Waals surface area contributed by atoms with Gasteiger partial charge in [0.25, 0.3) is 0 Å². The monoisotopic (exact) mass is 314 g/mol. The topological polar surface area (TPSA) is 3.88 Å². The SMILES string of the molecule is CC1=C(c2cc(C)cc(C)c2C)c2c3c1c(C)ccc3cc[n+]2C. The maximum atomic E-state index is 2.35. The van der Waals surface area contributed by atoms with Crippen LogP contribution in [0.25, 0.3) is 21.9 Å². The van der Waals surface area contributed by atoms with Gasteiger partial charge >= 0.3 is 0 Å². The molecule has 0 fully saturated rings. The van der Waals surface area contributed by atoms with E-state index >= 15 is 0 Å². The molecule has 0 spiro atoms. The Balaban J connectivity index is 2.18. The smallest absolute Gasteiger partial charge is 0.200 e. The Morgan fingerprint density at radius 3 is 2.33 bits per heavy atom. The average Bonchev–Trinajstić information content (AvgIpc) is 2.84. The van der Waals surface area contributed by atoms with E-state index in [4.69, 9.17) is 0 Å². The van der Waals surface area contributed by atoms with Crippen molar-refractivity contribution in [2.75, 3.05) is 0 Å². The van der Waals surface area contributed by atoms with Crippen molar-refractivity contribution >= 4 is 21.9 Å². The number of allylic oxidation sites excluding steroid dienone is 1. The van der Waals surface area contributed by atoms with E-state index in [0.717, 1.165) is 0 Å². The summed E-state index contributed by atoms with van der Waals surface area (Å²) in [6.07, 6.45) is 2.19. The van der Waals surface area contributed by atoms with Crippen molar-refractivity contribution in [3.63, 3.8) is 0 Å². The van der Waals surface area contributed by atoms with Gasteiger partial charge in [-0.1, -0.05) is 29.8 Å². The van der Waals surface area contributed by atoms with Crippen LogP contribution >= 0.6 is 0 Å². The first-order valence-electron chi connectivity index (χ1n) is 8.62. The number of rotatable bonds is 1. The quantitative estimate of drug-likeness (QED) is 0.544. The zero-order valence-corrected chi connectivity index (χ0v) is 15.4. The number of benzene rings is 2. The molecule has 1 nitrogen and oxygen atoms in total. The van der Waals surface area contributed by atoms with Crippen LogP contribution in [-0.2, 0) is 7.05 Å². The lowest BCUT2D eigenvalue weighted by Gasteiger charge is -2.13. The van der Waals surface area contributed by atoms with Crippen molar-refractivity contribution < 1.29 is 4.57 Å². The van der Waals surface area contributed by atoms with Gasteiger partial charge in [0.05, 0.1) is 11.0 Å². The molecule has 0 radical (unpaired) electrons. The van der Waals surface area contributed by atoms with E-state index in [2.05, 4.69) is 82.8 Å². The van der Waals surface area contributed by atoms with Gasteiger partial charge in [-0.25, -0.2) is 4.57 Å². The van der Waals surface area contributed by atoms with Crippen LogP contribution in [0.1, 0.15) is 46.0 Å². The van der Waals surface area contributed by atoms with Gasteiger partial charge < -0.3 is 0 Å². The fraction of sp³-hybridized carbons (Fsp3) is 0.261. The molecule has 0 N–H and O–H groups in total. The lowest BCUT2D eigenvalue weighted by atomic mass is 9.91. The lowest BCUT2D eigenvalue weighted by molar-refractivity contribution is -0.672. The first-order valence-corrected chi connectivity index (χ1v) is 8.62. The van der Waals surface area contributed by atoms with Crippen molar-refractivity contribution in [2.45, 2.75) is 34.6 Å². The fourth-order valence-corrected chi connectivity index (χ4v) is 4.28. The normalized spacial score (nSPS) is 13.2. The summed E-state index contributed by atoms with van der Waals surface area (Å²) in [5.41, 5.74) is 12.4. The minimum absolute atomic E-state index is 1.33. The van der Waals surface area contributed by atoms with Crippen LogP contribution in [0.5, 0.6) is 0 Å². The molecule has 2 aromatic carbocycles. The van der Waals surface area contributed by atoms with E-state index in [1.807, 2.05) is 0 Å². The molecule has 0 bridgehead atoms. The molecule has 1 aromatic heterocycles. The highest BCUT2D eigenvalue weighted by Crippen LogP contribution is 2.45. The third-order valence-corrected chi connectivity index (χ3v) is 5.58. The number of hydrogen-bond donors (Lipinski definition) is 0. The third kappa shape index (κ3) is 1.91. The molecule has 4 rings (SSSR count). The molecule has 1 aliphatic carbocycles. The van der Waals surface area contributed by atoms with E-state index in [-0.39, 0.29) is 0 Å². The summed E-state index contributed by atoms with van der Waals surface area (Å²) in [4.78, 5) is 0. The van der Waals surface area contributed by atoms with E-state index in [9.17, 15) is 0 Å². The van der Waals surface area contributed by atoms with Gasteiger partial charge in [0.15, 0.2) is 6.20 Å². The van der Waals surface area contributed by atoms with Gasteiger partial charge in [0.1, 0.15) is 7.05 Å². The molecule has 1 heterocycles. The van der Waals surface area contributed by atoms with Crippen LogP contribution < -0.4 is 4.57 Å². The second-order valence-corrected chi connectivity index (χ2v) is 7.25. The molecule has 1 aliphatic rings. The second-order valence-electron chi connectivity index (χ2n) is 7.25. The second kappa shape index (κ2) is 5.04. The molecule has 0 amide bonds. The number of hydrogen-bond acceptors (Lipinski definition) is 0. The largest absolute Gasteiger partial charge is 0.221 e. The standard InChI is InChI=1S/C23H24N/c1-13-11-15(3)16(4)19(12-13)21-17(5)20-14(2)7-8-18-9-10-24(6)23(21)22(18)20/h7-12H,1-6H3/q+1. The summed E-state index contributed by atoms with van der Waals surface area (Å²) >= 11 is 0. The summed E-state index contributed by atoms with van der Waals surface area (Å²) < 4.78 is 2.29. The Labute approximate surface area is 144 Å². The highest BCUT2D eigenvalue weighted by atomic mass is 14.9. The molecule has 0 saturated carbocycles. The summed E-state index contributed by atoms with van der Waals surface area (Å²) in [6, 6.07) is 11.4. The van der Waals surface area contributed by atoms with E-state index in [1.165, 1.54) is 61.0 Å². The Bertz CT molecular complexity index is 1050. The van der Waals surface area contributed by atoms with Gasteiger partial charge in [-0.2, -0.15) is 0 Å². The van der Waals surface area contributed by atoms with E-state index in [1.54, 1.807) is 0 Å². The van der Waals surface area contributed by atoms with Crippen molar-refractivity contribution in [2.24, 2.45) is 7.05 Å². The third-order valence-electron chi connectivity index (χ3n) is 5.58. The zero-order valence-electron chi connectivity index (χ0n) is 15.4. The van der Waals surface area contributed by atoms with Crippen molar-refractivity contribution in [3.8, 4) is 0 Å².